The number of benzene rings is 2. The Balaban J connectivity index is 1.93. The van der Waals surface area contributed by atoms with Crippen LogP contribution >= 0.6 is 11.8 Å². The van der Waals surface area contributed by atoms with Crippen LogP contribution < -0.4 is 4.74 Å². The van der Waals surface area contributed by atoms with Gasteiger partial charge in [0, 0.05) is 40.5 Å². The molecular formula is C26H25F2N3OS. The summed E-state index contributed by atoms with van der Waals surface area (Å²) >= 11 is 1.12. The van der Waals surface area contributed by atoms with E-state index in [-0.39, 0.29) is 22.1 Å². The third kappa shape index (κ3) is 5.87. The van der Waals surface area contributed by atoms with Crippen molar-refractivity contribution in [3.8, 4) is 11.5 Å². The molecule has 0 fully saturated rings. The van der Waals surface area contributed by atoms with Crippen molar-refractivity contribution in [3.63, 3.8) is 0 Å². The van der Waals surface area contributed by atoms with Gasteiger partial charge in [-0.2, -0.15) is 0 Å². The molecule has 1 heterocycles. The van der Waals surface area contributed by atoms with E-state index in [0.29, 0.717) is 30.3 Å². The van der Waals surface area contributed by atoms with E-state index in [4.69, 9.17) is 10.1 Å². The summed E-state index contributed by atoms with van der Waals surface area (Å²) in [4.78, 5) is 6.84. The monoisotopic (exact) mass is 465 g/mol. The fourth-order valence-corrected chi connectivity index (χ4v) is 3.84. The molecular weight excluding hydrogens is 440 g/mol. The number of hydrogen-bond acceptors (Lipinski definition) is 4. The highest BCUT2D eigenvalue weighted by molar-refractivity contribution is 8.13. The lowest BCUT2D eigenvalue weighted by Gasteiger charge is -2.14. The highest BCUT2D eigenvalue weighted by atomic mass is 32.2. The molecule has 0 unspecified atom stereocenters. The number of aryl methyl sites for hydroxylation is 1. The molecule has 170 valence electrons. The summed E-state index contributed by atoms with van der Waals surface area (Å²) in [5, 5.41) is 8.86. The van der Waals surface area contributed by atoms with E-state index in [2.05, 4.69) is 23.3 Å². The van der Waals surface area contributed by atoms with Crippen molar-refractivity contribution in [3.05, 3.63) is 95.9 Å². The predicted molar refractivity (Wildman–Crippen MR) is 135 cm³/mol. The fourth-order valence-electron chi connectivity index (χ4n) is 3.46. The van der Waals surface area contributed by atoms with Crippen molar-refractivity contribution >= 4 is 34.4 Å². The van der Waals surface area contributed by atoms with Crippen molar-refractivity contribution in [1.29, 1.82) is 5.41 Å². The van der Waals surface area contributed by atoms with Gasteiger partial charge in [-0.25, -0.2) is 8.78 Å². The Morgan fingerprint density at radius 1 is 1.24 bits per heavy atom. The summed E-state index contributed by atoms with van der Waals surface area (Å²) in [5.74, 6) is -0.675. The third-order valence-corrected chi connectivity index (χ3v) is 5.63. The average molecular weight is 466 g/mol. The Morgan fingerprint density at radius 3 is 2.79 bits per heavy atom. The molecule has 0 saturated heterocycles. The summed E-state index contributed by atoms with van der Waals surface area (Å²) in [5.41, 5.74) is 2.46. The number of halogens is 2. The lowest BCUT2D eigenvalue weighted by atomic mass is 10.0. The highest BCUT2D eigenvalue weighted by Crippen LogP contribution is 2.36. The third-order valence-electron chi connectivity index (χ3n) is 5.00. The summed E-state index contributed by atoms with van der Waals surface area (Å²) in [6.07, 6.45) is 12.7. The van der Waals surface area contributed by atoms with Gasteiger partial charge in [0.25, 0.3) is 0 Å². The van der Waals surface area contributed by atoms with Crippen molar-refractivity contribution in [2.75, 3.05) is 6.26 Å². The Morgan fingerprint density at radius 2 is 2.06 bits per heavy atom. The summed E-state index contributed by atoms with van der Waals surface area (Å²) in [6, 6.07) is 7.36. The van der Waals surface area contributed by atoms with Gasteiger partial charge >= 0.3 is 0 Å². The highest BCUT2D eigenvalue weighted by Gasteiger charge is 2.18. The fraction of sp³-hybridized carbons (Fsp3) is 0.154. The van der Waals surface area contributed by atoms with Gasteiger partial charge in [-0.3, -0.25) is 10.4 Å². The van der Waals surface area contributed by atoms with Gasteiger partial charge in [0.15, 0.2) is 11.6 Å². The first-order chi connectivity index (χ1) is 16.0. The lowest BCUT2D eigenvalue weighted by Crippen LogP contribution is -2.00. The lowest BCUT2D eigenvalue weighted by molar-refractivity contribution is 0.436. The van der Waals surface area contributed by atoms with E-state index in [0.717, 1.165) is 22.7 Å². The Kier molecular flexibility index (Phi) is 8.38. The molecule has 2 aromatic carbocycles. The Hall–Kier alpha value is -3.45. The second-order valence-electron chi connectivity index (χ2n) is 7.20. The number of aromatic amines is 1. The van der Waals surface area contributed by atoms with E-state index in [1.165, 1.54) is 24.3 Å². The number of allylic oxidation sites excluding steroid dienone is 4. The topological polar surface area (TPSA) is 61.2 Å². The number of aliphatic imine (C=N–C) groups is 1. The molecule has 0 aliphatic rings. The van der Waals surface area contributed by atoms with Crippen LogP contribution in [0.5, 0.6) is 11.5 Å². The minimum absolute atomic E-state index is 0.0715. The van der Waals surface area contributed by atoms with Crippen molar-refractivity contribution < 1.29 is 13.5 Å². The molecule has 0 aliphatic carbocycles. The van der Waals surface area contributed by atoms with Crippen LogP contribution in [0.3, 0.4) is 0 Å². The number of ether oxygens (including phenoxy) is 1. The number of fused-ring (bicyclic) bond motifs is 1. The summed E-state index contributed by atoms with van der Waals surface area (Å²) < 4.78 is 35.1. The number of rotatable bonds is 10. The van der Waals surface area contributed by atoms with Crippen LogP contribution in [0.4, 0.5) is 8.78 Å². The maximum Gasteiger partial charge on any atom is 0.168 e. The molecule has 0 amide bonds. The first kappa shape index (κ1) is 24.2. The predicted octanol–water partition coefficient (Wildman–Crippen LogP) is 7.58. The molecule has 0 radical (unpaired) electrons. The first-order valence-electron chi connectivity index (χ1n) is 10.3. The molecule has 0 bridgehead atoms. The van der Waals surface area contributed by atoms with Crippen molar-refractivity contribution in [2.24, 2.45) is 4.99 Å². The van der Waals surface area contributed by atoms with E-state index in [1.807, 2.05) is 18.2 Å². The quantitative estimate of drug-likeness (QED) is 0.140. The van der Waals surface area contributed by atoms with Crippen LogP contribution in [0.1, 0.15) is 24.0 Å². The minimum atomic E-state index is -0.522. The Labute approximate surface area is 196 Å². The van der Waals surface area contributed by atoms with E-state index in [9.17, 15) is 4.39 Å². The molecule has 3 rings (SSSR count). The molecule has 33 heavy (non-hydrogen) atoms. The normalized spacial score (nSPS) is 11.8. The van der Waals surface area contributed by atoms with Crippen molar-refractivity contribution in [2.45, 2.75) is 19.3 Å². The van der Waals surface area contributed by atoms with Crippen LogP contribution in [0, 0.1) is 17.0 Å². The molecule has 2 N–H and O–H groups in total. The SMILES string of the molecule is C=CCC(/C=C\CCc1c(Oc2ccc(F)c(C(=N)SC)c2)c(F)cc2[nH]ccc12)=C/N=C. The van der Waals surface area contributed by atoms with Crippen LogP contribution in [0.25, 0.3) is 10.9 Å². The standard InChI is InChI=1S/C26H25F2N3OS/c1-4-7-17(16-30-2)8-5-6-9-20-19-12-13-31-24(19)15-23(28)25(20)32-18-10-11-22(27)21(14-18)26(29)33-3/h4-5,8,10-16,29,31H,1-2,6-7,9H2,3H3/b8-5-,17-16-,29-26?. The molecule has 7 heteroatoms. The summed E-state index contributed by atoms with van der Waals surface area (Å²) in [6.45, 7) is 7.22. The number of H-pyrrole nitrogens is 1. The molecule has 0 aliphatic heterocycles. The summed E-state index contributed by atoms with van der Waals surface area (Å²) in [7, 11) is 0. The smallest absolute Gasteiger partial charge is 0.168 e. The molecule has 4 nitrogen and oxygen atoms in total. The maximum atomic E-state index is 15.1. The van der Waals surface area contributed by atoms with E-state index < -0.39 is 11.6 Å². The molecule has 0 spiro atoms. The van der Waals surface area contributed by atoms with E-state index in [1.54, 1.807) is 24.7 Å². The second kappa shape index (κ2) is 11.4. The van der Waals surface area contributed by atoms with Gasteiger partial charge in [-0.1, -0.05) is 18.2 Å². The molecule has 3 aromatic rings. The number of hydrogen-bond donors (Lipinski definition) is 2. The average Bonchev–Trinajstić information content (AvgIpc) is 3.27. The van der Waals surface area contributed by atoms with Crippen LogP contribution in [-0.4, -0.2) is 23.0 Å². The zero-order valence-electron chi connectivity index (χ0n) is 18.3. The van der Waals surface area contributed by atoms with Crippen LogP contribution in [-0.2, 0) is 6.42 Å². The molecule has 0 saturated carbocycles. The van der Waals surface area contributed by atoms with Crippen LogP contribution in [0.15, 0.2) is 78.1 Å². The largest absolute Gasteiger partial charge is 0.454 e. The number of aromatic nitrogens is 1. The van der Waals surface area contributed by atoms with E-state index >= 15 is 4.39 Å². The second-order valence-corrected chi connectivity index (χ2v) is 8.02. The maximum absolute atomic E-state index is 15.1. The van der Waals surface area contributed by atoms with Gasteiger partial charge in [0.1, 0.15) is 11.6 Å². The zero-order chi connectivity index (χ0) is 23.8. The van der Waals surface area contributed by atoms with Gasteiger partial charge in [-0.15, -0.1) is 18.3 Å². The zero-order valence-corrected chi connectivity index (χ0v) is 19.1. The number of nitrogens with zero attached hydrogens (tertiary/aromatic N) is 1. The molecule has 1 aromatic heterocycles. The van der Waals surface area contributed by atoms with Crippen molar-refractivity contribution in [1.82, 2.24) is 4.98 Å². The number of nitrogens with one attached hydrogen (secondary N) is 2. The van der Waals surface area contributed by atoms with Gasteiger partial charge < -0.3 is 9.72 Å². The Bertz CT molecular complexity index is 1240. The van der Waals surface area contributed by atoms with Gasteiger partial charge in [0.2, 0.25) is 0 Å². The minimum Gasteiger partial charge on any atom is -0.454 e. The van der Waals surface area contributed by atoms with Gasteiger partial charge in [-0.05, 0) is 62.1 Å². The van der Waals surface area contributed by atoms with Gasteiger partial charge in [0.05, 0.1) is 5.04 Å². The number of thioether (sulfide) groups is 1. The van der Waals surface area contributed by atoms with Crippen LogP contribution in [0.2, 0.25) is 0 Å². The first-order valence-corrected chi connectivity index (χ1v) is 11.5. The molecule has 0 atom stereocenters.